The minimum atomic E-state index is -0.0567. The van der Waals surface area contributed by atoms with Crippen molar-refractivity contribution in [1.82, 2.24) is 15.0 Å². The van der Waals surface area contributed by atoms with Crippen LogP contribution in [0.4, 0.5) is 0 Å². The van der Waals surface area contributed by atoms with Crippen LogP contribution in [0, 0.1) is 6.92 Å². The van der Waals surface area contributed by atoms with Gasteiger partial charge in [-0.15, -0.1) is 0 Å². The van der Waals surface area contributed by atoms with Crippen LogP contribution < -0.4 is 0 Å². The van der Waals surface area contributed by atoms with Gasteiger partial charge in [0.2, 0.25) is 11.7 Å². The van der Waals surface area contributed by atoms with E-state index < -0.39 is 0 Å². The number of benzene rings is 3. The lowest BCUT2D eigenvalue weighted by Crippen LogP contribution is -2.27. The molecule has 0 aliphatic carbocycles. The highest BCUT2D eigenvalue weighted by Crippen LogP contribution is 2.19. The Morgan fingerprint density at radius 3 is 2.39 bits per heavy atom. The van der Waals surface area contributed by atoms with Gasteiger partial charge in [-0.2, -0.15) is 4.98 Å². The minimum absolute atomic E-state index is 0.0567. The van der Waals surface area contributed by atoms with Gasteiger partial charge in [-0.25, -0.2) is 0 Å². The van der Waals surface area contributed by atoms with Crippen LogP contribution in [0.25, 0.3) is 11.4 Å². The molecule has 156 valence electrons. The van der Waals surface area contributed by atoms with Gasteiger partial charge in [-0.3, -0.25) is 4.79 Å². The molecule has 0 aliphatic rings. The van der Waals surface area contributed by atoms with Crippen molar-refractivity contribution in [2.75, 3.05) is 7.05 Å². The summed E-state index contributed by atoms with van der Waals surface area (Å²) in [6.45, 7) is 2.29. The number of amides is 1. The number of aromatic nitrogens is 2. The maximum atomic E-state index is 13.1. The smallest absolute Gasteiger partial charge is 0.254 e. The van der Waals surface area contributed by atoms with Crippen molar-refractivity contribution in [2.45, 2.75) is 26.3 Å². The largest absolute Gasteiger partial charge is 0.337 e. The molecule has 0 radical (unpaired) electrons. The van der Waals surface area contributed by atoms with Crippen molar-refractivity contribution in [1.29, 1.82) is 0 Å². The highest BCUT2D eigenvalue weighted by molar-refractivity contribution is 5.95. The predicted octanol–water partition coefficient (Wildman–Crippen LogP) is 5.10. The van der Waals surface area contributed by atoms with Crippen LogP contribution in [-0.4, -0.2) is 28.0 Å². The molecule has 1 amide bonds. The Morgan fingerprint density at radius 1 is 0.903 bits per heavy atom. The lowest BCUT2D eigenvalue weighted by Gasteiger charge is -2.17. The average Bonchev–Trinajstić information content (AvgIpc) is 3.27. The zero-order valence-electron chi connectivity index (χ0n) is 17.8. The number of rotatable bonds is 7. The van der Waals surface area contributed by atoms with Gasteiger partial charge in [-0.05, 0) is 37.0 Å². The number of carbonyl (C=O) groups excluding carboxylic acids is 1. The first-order valence-electron chi connectivity index (χ1n) is 10.4. The molecule has 3 aromatic carbocycles. The van der Waals surface area contributed by atoms with Crippen molar-refractivity contribution in [3.8, 4) is 11.4 Å². The standard InChI is InChI=1S/C26H25N3O2/c1-19-12-15-22(16-13-19)25-27-24(31-28-25)18-29(2)26(30)23-11-7-6-10-21(23)17-14-20-8-4-3-5-9-20/h3-13,15-16H,14,17-18H2,1-2H3. The molecular weight excluding hydrogens is 386 g/mol. The maximum Gasteiger partial charge on any atom is 0.254 e. The molecule has 0 bridgehead atoms. The molecule has 0 aliphatic heterocycles. The fourth-order valence-electron chi connectivity index (χ4n) is 3.49. The summed E-state index contributed by atoms with van der Waals surface area (Å²) in [7, 11) is 1.76. The van der Waals surface area contributed by atoms with Gasteiger partial charge in [0.15, 0.2) is 0 Å². The molecule has 0 fully saturated rings. The highest BCUT2D eigenvalue weighted by Gasteiger charge is 2.18. The molecule has 5 nitrogen and oxygen atoms in total. The normalized spacial score (nSPS) is 10.8. The zero-order chi connectivity index (χ0) is 21.6. The molecule has 0 saturated heterocycles. The summed E-state index contributed by atoms with van der Waals surface area (Å²) >= 11 is 0. The first-order chi connectivity index (χ1) is 15.1. The lowest BCUT2D eigenvalue weighted by atomic mass is 9.99. The van der Waals surface area contributed by atoms with Crippen molar-refractivity contribution >= 4 is 5.91 Å². The summed E-state index contributed by atoms with van der Waals surface area (Å²) in [6, 6.07) is 26.0. The van der Waals surface area contributed by atoms with E-state index in [4.69, 9.17) is 4.52 Å². The molecule has 1 aromatic heterocycles. The van der Waals surface area contributed by atoms with E-state index in [1.807, 2.05) is 73.7 Å². The third kappa shape index (κ3) is 5.07. The molecule has 0 spiro atoms. The van der Waals surface area contributed by atoms with Crippen LogP contribution in [0.2, 0.25) is 0 Å². The molecule has 4 aromatic rings. The quantitative estimate of drug-likeness (QED) is 0.424. The summed E-state index contributed by atoms with van der Waals surface area (Å²) in [6.07, 6.45) is 1.69. The second-order valence-electron chi connectivity index (χ2n) is 7.68. The van der Waals surface area contributed by atoms with Crippen LogP contribution in [0.1, 0.15) is 32.9 Å². The molecule has 1 heterocycles. The molecular formula is C26H25N3O2. The van der Waals surface area contributed by atoms with Gasteiger partial charge in [0.25, 0.3) is 5.91 Å². The minimum Gasteiger partial charge on any atom is -0.337 e. The first kappa shape index (κ1) is 20.5. The fraction of sp³-hybridized carbons (Fsp3) is 0.192. The van der Waals surface area contributed by atoms with Crippen LogP contribution in [0.15, 0.2) is 83.4 Å². The van der Waals surface area contributed by atoms with Crippen molar-refractivity contribution in [2.24, 2.45) is 0 Å². The monoisotopic (exact) mass is 411 g/mol. The van der Waals surface area contributed by atoms with Gasteiger partial charge in [-0.1, -0.05) is 83.5 Å². The number of aryl methyl sites for hydroxylation is 3. The third-order valence-corrected chi connectivity index (χ3v) is 5.27. The first-order valence-corrected chi connectivity index (χ1v) is 10.4. The summed E-state index contributed by atoms with van der Waals surface area (Å²) < 4.78 is 5.39. The Labute approximate surface area is 182 Å². The topological polar surface area (TPSA) is 59.2 Å². The number of hydrogen-bond acceptors (Lipinski definition) is 4. The van der Waals surface area contributed by atoms with Gasteiger partial charge < -0.3 is 9.42 Å². The highest BCUT2D eigenvalue weighted by atomic mass is 16.5. The summed E-state index contributed by atoms with van der Waals surface area (Å²) in [5, 5.41) is 4.06. The van der Waals surface area contributed by atoms with Gasteiger partial charge >= 0.3 is 0 Å². The second-order valence-corrected chi connectivity index (χ2v) is 7.68. The van der Waals surface area contributed by atoms with E-state index in [2.05, 4.69) is 22.3 Å². The summed E-state index contributed by atoms with van der Waals surface area (Å²) in [5.74, 6) is 0.881. The molecule has 5 heteroatoms. The van der Waals surface area contributed by atoms with Crippen molar-refractivity contribution < 1.29 is 9.32 Å². The Kier molecular flexibility index (Phi) is 6.22. The molecule has 0 atom stereocenters. The van der Waals surface area contributed by atoms with E-state index >= 15 is 0 Å². The van der Waals surface area contributed by atoms with E-state index in [0.717, 1.165) is 24.0 Å². The maximum absolute atomic E-state index is 13.1. The molecule has 0 unspecified atom stereocenters. The lowest BCUT2D eigenvalue weighted by molar-refractivity contribution is 0.0768. The van der Waals surface area contributed by atoms with Crippen LogP contribution >= 0.6 is 0 Å². The number of hydrogen-bond donors (Lipinski definition) is 0. The molecule has 4 rings (SSSR count). The molecule has 31 heavy (non-hydrogen) atoms. The van der Waals surface area contributed by atoms with Crippen LogP contribution in [0.5, 0.6) is 0 Å². The molecule has 0 N–H and O–H groups in total. The van der Waals surface area contributed by atoms with Gasteiger partial charge in [0, 0.05) is 18.2 Å². The van der Waals surface area contributed by atoms with E-state index in [-0.39, 0.29) is 12.5 Å². The number of carbonyl (C=O) groups is 1. The predicted molar refractivity (Wildman–Crippen MR) is 121 cm³/mol. The zero-order valence-corrected chi connectivity index (χ0v) is 17.8. The van der Waals surface area contributed by atoms with E-state index in [1.54, 1.807) is 11.9 Å². The van der Waals surface area contributed by atoms with Gasteiger partial charge in [0.05, 0.1) is 6.54 Å². The fourth-order valence-corrected chi connectivity index (χ4v) is 3.49. The Balaban J connectivity index is 1.44. The Hall–Kier alpha value is -3.73. The second kappa shape index (κ2) is 9.39. The van der Waals surface area contributed by atoms with E-state index in [1.165, 1.54) is 11.1 Å². The van der Waals surface area contributed by atoms with Crippen molar-refractivity contribution in [3.05, 3.63) is 107 Å². The van der Waals surface area contributed by atoms with E-state index in [0.29, 0.717) is 17.3 Å². The number of nitrogens with zero attached hydrogens (tertiary/aromatic N) is 3. The Morgan fingerprint density at radius 2 is 1.61 bits per heavy atom. The average molecular weight is 412 g/mol. The van der Waals surface area contributed by atoms with E-state index in [9.17, 15) is 4.79 Å². The third-order valence-electron chi connectivity index (χ3n) is 5.27. The SMILES string of the molecule is Cc1ccc(-c2noc(CN(C)C(=O)c3ccccc3CCc3ccccc3)n2)cc1. The Bertz CT molecular complexity index is 1150. The van der Waals surface area contributed by atoms with Crippen LogP contribution in [-0.2, 0) is 19.4 Å². The van der Waals surface area contributed by atoms with Crippen molar-refractivity contribution in [3.63, 3.8) is 0 Å². The molecule has 0 saturated carbocycles. The van der Waals surface area contributed by atoms with Crippen LogP contribution in [0.3, 0.4) is 0 Å². The van der Waals surface area contributed by atoms with Gasteiger partial charge in [0.1, 0.15) is 0 Å². The summed E-state index contributed by atoms with van der Waals surface area (Å²) in [5.41, 5.74) is 5.06. The summed E-state index contributed by atoms with van der Waals surface area (Å²) in [4.78, 5) is 19.2.